The molecule has 196 valence electrons. The van der Waals surface area contributed by atoms with Gasteiger partial charge in [-0.2, -0.15) is 20.1 Å². The maximum atomic E-state index is 13.3. The highest BCUT2D eigenvalue weighted by Crippen LogP contribution is 2.25. The van der Waals surface area contributed by atoms with Gasteiger partial charge in [-0.25, -0.2) is 9.97 Å². The number of aryl methyl sites for hydroxylation is 1. The number of hydrogen-bond acceptors (Lipinski definition) is 10. The van der Waals surface area contributed by atoms with Gasteiger partial charge in [-0.3, -0.25) is 9.36 Å². The van der Waals surface area contributed by atoms with Crippen molar-refractivity contribution in [2.75, 3.05) is 17.2 Å². The van der Waals surface area contributed by atoms with Crippen LogP contribution in [0.25, 0.3) is 16.9 Å². The molecule has 38 heavy (non-hydrogen) atoms. The van der Waals surface area contributed by atoms with Gasteiger partial charge < -0.3 is 15.4 Å². The summed E-state index contributed by atoms with van der Waals surface area (Å²) in [5, 5.41) is 23.9. The van der Waals surface area contributed by atoms with Gasteiger partial charge in [-0.05, 0) is 69.7 Å². The van der Waals surface area contributed by atoms with Crippen LogP contribution in [0, 0.1) is 6.92 Å². The zero-order chi connectivity index (χ0) is 25.9. The second-order valence-corrected chi connectivity index (χ2v) is 9.79. The summed E-state index contributed by atoms with van der Waals surface area (Å²) in [6, 6.07) is 7.95. The van der Waals surface area contributed by atoms with Crippen molar-refractivity contribution in [2.45, 2.75) is 63.8 Å². The highest BCUT2D eigenvalue weighted by Gasteiger charge is 2.25. The number of nitrogens with zero attached hydrogens (tertiary/aromatic N) is 8. The molecule has 3 atom stereocenters. The normalized spacial score (nSPS) is 21.3. The van der Waals surface area contributed by atoms with E-state index >= 15 is 0 Å². The first-order valence-corrected chi connectivity index (χ1v) is 13.0. The molecule has 2 N–H and O–H groups in total. The lowest BCUT2D eigenvalue weighted by atomic mass is 10.2. The van der Waals surface area contributed by atoms with E-state index in [9.17, 15) is 4.79 Å². The van der Waals surface area contributed by atoms with E-state index < -0.39 is 0 Å². The molecule has 2 fully saturated rings. The largest absolute Gasteiger partial charge is 0.367 e. The van der Waals surface area contributed by atoms with Crippen molar-refractivity contribution in [1.29, 1.82) is 0 Å². The second-order valence-electron chi connectivity index (χ2n) is 9.79. The second kappa shape index (κ2) is 10.7. The van der Waals surface area contributed by atoms with Crippen LogP contribution in [0.1, 0.15) is 50.4 Å². The van der Waals surface area contributed by atoms with Crippen molar-refractivity contribution in [1.82, 2.24) is 39.7 Å². The van der Waals surface area contributed by atoms with Gasteiger partial charge in [0.15, 0.2) is 6.23 Å². The van der Waals surface area contributed by atoms with Gasteiger partial charge in [-0.15, -0.1) is 5.10 Å². The van der Waals surface area contributed by atoms with Gasteiger partial charge in [0.1, 0.15) is 11.5 Å². The number of aromatic nitrogens is 8. The Balaban J connectivity index is 1.11. The molecule has 1 saturated carbocycles. The van der Waals surface area contributed by atoms with Crippen LogP contribution in [0.2, 0.25) is 0 Å². The highest BCUT2D eigenvalue weighted by atomic mass is 16.5. The Morgan fingerprint density at radius 1 is 0.974 bits per heavy atom. The lowest BCUT2D eigenvalue weighted by molar-refractivity contribution is -0.0479. The van der Waals surface area contributed by atoms with Crippen molar-refractivity contribution in [3.63, 3.8) is 0 Å². The zero-order valence-corrected chi connectivity index (χ0v) is 21.2. The van der Waals surface area contributed by atoms with Crippen LogP contribution < -0.4 is 16.2 Å². The van der Waals surface area contributed by atoms with Crippen LogP contribution in [0.4, 0.5) is 11.8 Å². The molecule has 1 saturated heterocycles. The summed E-state index contributed by atoms with van der Waals surface area (Å²) in [4.78, 5) is 23.7. The van der Waals surface area contributed by atoms with Crippen LogP contribution >= 0.6 is 0 Å². The molecule has 12 heteroatoms. The first-order chi connectivity index (χ1) is 18.6. The van der Waals surface area contributed by atoms with E-state index in [1.165, 1.54) is 0 Å². The number of pyridine rings is 2. The average molecular weight is 515 g/mol. The molecule has 2 aliphatic rings. The Kier molecular flexibility index (Phi) is 6.78. The van der Waals surface area contributed by atoms with Crippen molar-refractivity contribution >= 4 is 11.8 Å². The zero-order valence-electron chi connectivity index (χ0n) is 21.2. The minimum atomic E-state index is -0.177. The smallest absolute Gasteiger partial charge is 0.264 e. The number of nitrogens with one attached hydrogen (secondary N) is 2. The van der Waals surface area contributed by atoms with Crippen molar-refractivity contribution in [3.05, 3.63) is 65.1 Å². The Morgan fingerprint density at radius 2 is 1.87 bits per heavy atom. The first kappa shape index (κ1) is 24.2. The molecule has 1 aliphatic heterocycles. The molecule has 12 nitrogen and oxygen atoms in total. The molecule has 1 aliphatic carbocycles. The van der Waals surface area contributed by atoms with E-state index in [4.69, 9.17) is 4.74 Å². The van der Waals surface area contributed by atoms with Crippen LogP contribution in [0.3, 0.4) is 0 Å². The number of anilines is 2. The lowest BCUT2D eigenvalue weighted by Gasteiger charge is -2.21. The number of ether oxygens (including phenoxy) is 1. The Labute approximate surface area is 219 Å². The molecule has 4 aromatic heterocycles. The van der Waals surface area contributed by atoms with Crippen molar-refractivity contribution in [3.8, 4) is 16.9 Å². The summed E-state index contributed by atoms with van der Waals surface area (Å²) in [5.74, 6) is 1.33. The van der Waals surface area contributed by atoms with Crippen LogP contribution in [0.5, 0.6) is 0 Å². The highest BCUT2D eigenvalue weighted by molar-refractivity contribution is 5.57. The summed E-state index contributed by atoms with van der Waals surface area (Å²) in [7, 11) is 0. The predicted molar refractivity (Wildman–Crippen MR) is 141 cm³/mol. The quantitative estimate of drug-likeness (QED) is 0.378. The fourth-order valence-electron chi connectivity index (χ4n) is 4.98. The van der Waals surface area contributed by atoms with Gasteiger partial charge in [0.2, 0.25) is 5.95 Å². The summed E-state index contributed by atoms with van der Waals surface area (Å²) in [6.45, 7) is 2.57. The van der Waals surface area contributed by atoms with Gasteiger partial charge in [0, 0.05) is 24.9 Å². The fraction of sp³-hybridized carbons (Fsp3) is 0.423. The minimum Gasteiger partial charge on any atom is -0.367 e. The van der Waals surface area contributed by atoms with Gasteiger partial charge >= 0.3 is 0 Å². The van der Waals surface area contributed by atoms with Crippen LogP contribution in [-0.2, 0) is 4.74 Å². The molecular weight excluding hydrogens is 484 g/mol. The van der Waals surface area contributed by atoms with Crippen LogP contribution in [-0.4, -0.2) is 58.4 Å². The molecule has 0 aromatic carbocycles. The van der Waals surface area contributed by atoms with Gasteiger partial charge in [-0.1, -0.05) is 0 Å². The van der Waals surface area contributed by atoms with E-state index in [2.05, 4.69) is 41.0 Å². The standard InChI is InChI=1S/C26H30N10O2/c1-17-14-28-26(33-32-17)31-19-8-7-18(13-19)30-23-10-9-20(15-27-23)35-11-4-5-21(25(35)37)22-16-29-36(34-22)24-6-2-3-12-38-24/h4-5,9-11,14-16,18-19,24H,2-3,6-8,12-13H2,1H3,(H,27,30)(H,28,31,33)/t18-,19-,24?/m0/s1. The van der Waals surface area contributed by atoms with Gasteiger partial charge in [0.05, 0.1) is 35.5 Å². The molecule has 6 rings (SSSR count). The van der Waals surface area contributed by atoms with E-state index in [-0.39, 0.29) is 23.9 Å². The van der Waals surface area contributed by atoms with Crippen molar-refractivity contribution in [2.24, 2.45) is 0 Å². The van der Waals surface area contributed by atoms with Gasteiger partial charge in [0.25, 0.3) is 5.56 Å². The molecular formula is C26H30N10O2. The molecule has 4 aromatic rings. The summed E-state index contributed by atoms with van der Waals surface area (Å²) in [5.41, 5.74) is 2.31. The van der Waals surface area contributed by atoms with E-state index in [0.717, 1.165) is 50.0 Å². The third kappa shape index (κ3) is 5.25. The molecule has 0 amide bonds. The monoisotopic (exact) mass is 514 g/mol. The minimum absolute atomic E-state index is 0.174. The Bertz CT molecular complexity index is 1430. The summed E-state index contributed by atoms with van der Waals surface area (Å²) < 4.78 is 7.34. The molecule has 0 radical (unpaired) electrons. The van der Waals surface area contributed by atoms with Crippen molar-refractivity contribution < 1.29 is 4.74 Å². The topological polar surface area (TPSA) is 138 Å². The summed E-state index contributed by atoms with van der Waals surface area (Å²) >= 11 is 0. The number of rotatable bonds is 7. The third-order valence-electron chi connectivity index (χ3n) is 6.96. The van der Waals surface area contributed by atoms with E-state index in [1.807, 2.05) is 25.1 Å². The predicted octanol–water partition coefficient (Wildman–Crippen LogP) is 3.13. The SMILES string of the molecule is Cc1cnc(N[C@H]2CC[C@H](Nc3ccc(-n4cccc(-c5cnn(C6CCCCO6)n5)c4=O)cn3)C2)nn1. The Morgan fingerprint density at radius 3 is 2.63 bits per heavy atom. The molecule has 1 unspecified atom stereocenters. The van der Waals surface area contributed by atoms with Crippen LogP contribution in [0.15, 0.2) is 53.8 Å². The lowest BCUT2D eigenvalue weighted by Crippen LogP contribution is -2.22. The average Bonchev–Trinajstić information content (AvgIpc) is 3.61. The third-order valence-corrected chi connectivity index (χ3v) is 6.96. The van der Waals surface area contributed by atoms with E-state index in [0.29, 0.717) is 29.5 Å². The van der Waals surface area contributed by atoms with E-state index in [1.54, 1.807) is 40.2 Å². The summed E-state index contributed by atoms with van der Waals surface area (Å²) in [6.07, 6.45) is 12.5. The Hall–Kier alpha value is -4.19. The molecule has 0 spiro atoms. The first-order valence-electron chi connectivity index (χ1n) is 13.0. The maximum absolute atomic E-state index is 13.3. The molecule has 0 bridgehead atoms. The maximum Gasteiger partial charge on any atom is 0.264 e. The number of hydrogen-bond donors (Lipinski definition) is 2. The fourth-order valence-corrected chi connectivity index (χ4v) is 4.98. The molecule has 5 heterocycles.